The molecule has 0 radical (unpaired) electrons. The van der Waals surface area contributed by atoms with Crippen molar-refractivity contribution in [3.63, 3.8) is 0 Å². The predicted octanol–water partition coefficient (Wildman–Crippen LogP) is 4.24. The number of hydrogen-bond donors (Lipinski definition) is 1. The molecular formula is C20H23N5O2S. The number of benzene rings is 2. The number of carbonyl (C=O) groups excluding carboxylic acids is 1. The molecule has 0 aliphatic carbocycles. The number of aromatic nitrogens is 4. The molecular weight excluding hydrogens is 374 g/mol. The summed E-state index contributed by atoms with van der Waals surface area (Å²) < 4.78 is 7.49. The molecule has 2 aromatic carbocycles. The fraction of sp³-hybridized carbons (Fsp3) is 0.300. The summed E-state index contributed by atoms with van der Waals surface area (Å²) in [5.74, 6) is 1.78. The highest BCUT2D eigenvalue weighted by Crippen LogP contribution is 2.25. The smallest absolute Gasteiger partial charge is 0.237 e. The molecule has 7 nitrogen and oxygen atoms in total. The molecule has 3 aromatic rings. The normalized spacial score (nSPS) is 12.0. The summed E-state index contributed by atoms with van der Waals surface area (Å²) in [6, 6.07) is 16.8. The largest absolute Gasteiger partial charge is 0.457 e. The van der Waals surface area contributed by atoms with Crippen molar-refractivity contribution in [3.05, 3.63) is 54.6 Å². The van der Waals surface area contributed by atoms with Crippen molar-refractivity contribution >= 4 is 23.4 Å². The summed E-state index contributed by atoms with van der Waals surface area (Å²) in [5, 5.41) is 14.9. The molecule has 3 rings (SSSR count). The Labute approximate surface area is 168 Å². The first-order valence-corrected chi connectivity index (χ1v) is 9.96. The van der Waals surface area contributed by atoms with Crippen molar-refractivity contribution in [2.45, 2.75) is 37.7 Å². The van der Waals surface area contributed by atoms with Gasteiger partial charge < -0.3 is 10.1 Å². The number of carbonyl (C=O) groups is 1. The molecule has 0 saturated carbocycles. The van der Waals surface area contributed by atoms with Crippen molar-refractivity contribution in [1.82, 2.24) is 20.2 Å². The number of thioether (sulfide) groups is 1. The van der Waals surface area contributed by atoms with Crippen LogP contribution in [0.5, 0.6) is 11.5 Å². The van der Waals surface area contributed by atoms with Crippen LogP contribution in [0.1, 0.15) is 20.8 Å². The van der Waals surface area contributed by atoms with Gasteiger partial charge in [-0.2, -0.15) is 0 Å². The number of nitrogens with zero attached hydrogens (tertiary/aromatic N) is 4. The number of tetrazole rings is 1. The first-order chi connectivity index (χ1) is 13.5. The van der Waals surface area contributed by atoms with E-state index < -0.39 is 0 Å². The SMILES string of the molecule is CC(C)Cn1nnnc1SC(C)C(=O)Nc1ccc(Oc2ccccc2)cc1. The minimum absolute atomic E-state index is 0.110. The van der Waals surface area contributed by atoms with Gasteiger partial charge in [-0.25, -0.2) is 4.68 Å². The van der Waals surface area contributed by atoms with Gasteiger partial charge in [0.1, 0.15) is 11.5 Å². The van der Waals surface area contributed by atoms with E-state index >= 15 is 0 Å². The Morgan fingerprint density at radius 3 is 2.43 bits per heavy atom. The summed E-state index contributed by atoms with van der Waals surface area (Å²) in [7, 11) is 0. The summed E-state index contributed by atoms with van der Waals surface area (Å²) in [4.78, 5) is 12.5. The summed E-state index contributed by atoms with van der Waals surface area (Å²) in [6.45, 7) is 6.74. The molecule has 146 valence electrons. The van der Waals surface area contributed by atoms with Crippen molar-refractivity contribution in [3.8, 4) is 11.5 Å². The number of nitrogens with one attached hydrogen (secondary N) is 1. The van der Waals surface area contributed by atoms with Gasteiger partial charge in [0, 0.05) is 12.2 Å². The van der Waals surface area contributed by atoms with Gasteiger partial charge in [-0.1, -0.05) is 43.8 Å². The Bertz CT molecular complexity index is 896. The van der Waals surface area contributed by atoms with E-state index in [1.54, 1.807) is 4.68 Å². The van der Waals surface area contributed by atoms with Crippen molar-refractivity contribution < 1.29 is 9.53 Å². The maximum Gasteiger partial charge on any atom is 0.237 e. The van der Waals surface area contributed by atoms with Crippen LogP contribution in [0.3, 0.4) is 0 Å². The standard InChI is InChI=1S/C20H23N5O2S/c1-14(2)13-25-20(22-23-24-25)28-15(3)19(26)21-16-9-11-18(12-10-16)27-17-7-5-4-6-8-17/h4-12,14-15H,13H2,1-3H3,(H,21,26). The van der Waals surface area contributed by atoms with Gasteiger partial charge in [0.2, 0.25) is 11.1 Å². The average molecular weight is 398 g/mol. The second-order valence-corrected chi connectivity index (χ2v) is 8.03. The van der Waals surface area contributed by atoms with E-state index in [0.717, 1.165) is 5.75 Å². The van der Waals surface area contributed by atoms with Crippen molar-refractivity contribution in [1.29, 1.82) is 0 Å². The molecule has 0 spiro atoms. The number of amides is 1. The zero-order valence-corrected chi connectivity index (χ0v) is 16.9. The fourth-order valence-electron chi connectivity index (χ4n) is 2.43. The van der Waals surface area contributed by atoms with E-state index in [4.69, 9.17) is 4.74 Å². The highest BCUT2D eigenvalue weighted by molar-refractivity contribution is 8.00. The molecule has 1 aromatic heterocycles. The number of para-hydroxylation sites is 1. The molecule has 1 amide bonds. The Kier molecular flexibility index (Phi) is 6.65. The van der Waals surface area contributed by atoms with Gasteiger partial charge in [-0.15, -0.1) is 5.10 Å². The van der Waals surface area contributed by atoms with Crippen LogP contribution < -0.4 is 10.1 Å². The van der Waals surface area contributed by atoms with Gasteiger partial charge in [0.15, 0.2) is 0 Å². The van der Waals surface area contributed by atoms with Crippen LogP contribution in [0.4, 0.5) is 5.69 Å². The Hall–Kier alpha value is -2.87. The van der Waals surface area contributed by atoms with E-state index in [2.05, 4.69) is 34.7 Å². The fourth-order valence-corrected chi connectivity index (χ4v) is 3.23. The molecule has 8 heteroatoms. The maximum absolute atomic E-state index is 12.5. The van der Waals surface area contributed by atoms with E-state index in [0.29, 0.717) is 29.1 Å². The van der Waals surface area contributed by atoms with E-state index in [-0.39, 0.29) is 11.2 Å². The molecule has 1 heterocycles. The van der Waals surface area contributed by atoms with Crippen LogP contribution in [0.15, 0.2) is 59.8 Å². The third kappa shape index (κ3) is 5.56. The highest BCUT2D eigenvalue weighted by atomic mass is 32.2. The molecule has 28 heavy (non-hydrogen) atoms. The summed E-state index contributed by atoms with van der Waals surface area (Å²) in [5.41, 5.74) is 0.708. The van der Waals surface area contributed by atoms with Crippen LogP contribution in [0.2, 0.25) is 0 Å². The zero-order valence-electron chi connectivity index (χ0n) is 16.1. The van der Waals surface area contributed by atoms with Crippen molar-refractivity contribution in [2.75, 3.05) is 5.32 Å². The Morgan fingerprint density at radius 1 is 1.07 bits per heavy atom. The van der Waals surface area contributed by atoms with Crippen molar-refractivity contribution in [2.24, 2.45) is 5.92 Å². The Balaban J connectivity index is 1.56. The number of rotatable bonds is 8. The van der Waals surface area contributed by atoms with Crippen LogP contribution in [-0.4, -0.2) is 31.4 Å². The number of ether oxygens (including phenoxy) is 1. The van der Waals surface area contributed by atoms with E-state index in [1.807, 2.05) is 61.5 Å². The Morgan fingerprint density at radius 2 is 1.75 bits per heavy atom. The second kappa shape index (κ2) is 9.36. The van der Waals surface area contributed by atoms with Crippen LogP contribution in [0.25, 0.3) is 0 Å². The quantitative estimate of drug-likeness (QED) is 0.573. The first-order valence-electron chi connectivity index (χ1n) is 9.08. The molecule has 1 atom stereocenters. The highest BCUT2D eigenvalue weighted by Gasteiger charge is 2.19. The van der Waals surface area contributed by atoms with Gasteiger partial charge in [-0.3, -0.25) is 4.79 Å². The van der Waals surface area contributed by atoms with Gasteiger partial charge in [0.25, 0.3) is 0 Å². The van der Waals surface area contributed by atoms with Gasteiger partial charge in [-0.05, 0) is 59.7 Å². The average Bonchev–Trinajstić information content (AvgIpc) is 3.10. The lowest BCUT2D eigenvalue weighted by molar-refractivity contribution is -0.115. The summed E-state index contributed by atoms with van der Waals surface area (Å²) >= 11 is 1.34. The maximum atomic E-state index is 12.5. The minimum atomic E-state index is -0.336. The number of anilines is 1. The molecule has 1 unspecified atom stereocenters. The lowest BCUT2D eigenvalue weighted by atomic mass is 10.2. The molecule has 0 bridgehead atoms. The molecule has 1 N–H and O–H groups in total. The van der Waals surface area contributed by atoms with Gasteiger partial charge in [0.05, 0.1) is 5.25 Å². The third-order valence-corrected chi connectivity index (χ3v) is 4.86. The predicted molar refractivity (Wildman–Crippen MR) is 110 cm³/mol. The second-order valence-electron chi connectivity index (χ2n) is 6.73. The van der Waals surface area contributed by atoms with Crippen LogP contribution >= 0.6 is 11.8 Å². The first kappa shape index (κ1) is 19.9. The number of hydrogen-bond acceptors (Lipinski definition) is 6. The topological polar surface area (TPSA) is 81.9 Å². The summed E-state index contributed by atoms with van der Waals surface area (Å²) in [6.07, 6.45) is 0. The van der Waals surface area contributed by atoms with Crippen LogP contribution in [0, 0.1) is 5.92 Å². The molecule has 0 aliphatic heterocycles. The molecule has 0 fully saturated rings. The lowest BCUT2D eigenvalue weighted by Gasteiger charge is -2.13. The van der Waals surface area contributed by atoms with Crippen LogP contribution in [-0.2, 0) is 11.3 Å². The minimum Gasteiger partial charge on any atom is -0.457 e. The lowest BCUT2D eigenvalue weighted by Crippen LogP contribution is -2.23. The van der Waals surface area contributed by atoms with E-state index in [9.17, 15) is 4.79 Å². The van der Waals surface area contributed by atoms with E-state index in [1.165, 1.54) is 11.8 Å². The van der Waals surface area contributed by atoms with Gasteiger partial charge >= 0.3 is 0 Å². The molecule has 0 saturated heterocycles. The monoisotopic (exact) mass is 397 g/mol. The zero-order chi connectivity index (χ0) is 19.9. The molecule has 0 aliphatic rings. The third-order valence-electron chi connectivity index (χ3n) is 3.79.